The van der Waals surface area contributed by atoms with E-state index in [1.165, 1.54) is 0 Å². The van der Waals surface area contributed by atoms with Crippen molar-refractivity contribution in [3.63, 3.8) is 0 Å². The summed E-state index contributed by atoms with van der Waals surface area (Å²) in [5, 5.41) is 2.90. The molecule has 0 aliphatic heterocycles. The Morgan fingerprint density at radius 2 is 1.85 bits per heavy atom. The summed E-state index contributed by atoms with van der Waals surface area (Å²) in [6.45, 7) is 11.2. The zero-order valence-corrected chi connectivity index (χ0v) is 9.61. The molecule has 0 bridgehead atoms. The zero-order chi connectivity index (χ0) is 10.5. The van der Waals surface area contributed by atoms with E-state index in [0.717, 1.165) is 19.4 Å². The maximum atomic E-state index is 11.7. The van der Waals surface area contributed by atoms with Gasteiger partial charge in [-0.1, -0.05) is 34.1 Å². The van der Waals surface area contributed by atoms with E-state index in [1.54, 1.807) is 0 Å². The molecule has 0 aromatic carbocycles. The van der Waals surface area contributed by atoms with Crippen LogP contribution in [0.25, 0.3) is 0 Å². The molecule has 0 radical (unpaired) electrons. The average Bonchev–Trinajstić information content (AvgIpc) is 1.98. The molecule has 0 spiro atoms. The highest BCUT2D eigenvalue weighted by Gasteiger charge is 2.29. The highest BCUT2D eigenvalue weighted by molar-refractivity contribution is 5.79. The first-order chi connectivity index (χ1) is 5.93. The van der Waals surface area contributed by atoms with Crippen LogP contribution >= 0.6 is 0 Å². The van der Waals surface area contributed by atoms with Crippen molar-refractivity contribution in [3.8, 4) is 0 Å². The number of carbonyl (C=O) groups is 1. The maximum Gasteiger partial charge on any atom is 0.223 e. The first-order valence-electron chi connectivity index (χ1n) is 5.21. The van der Waals surface area contributed by atoms with Crippen molar-refractivity contribution in [2.45, 2.75) is 47.5 Å². The first-order valence-corrected chi connectivity index (χ1v) is 5.21. The molecule has 0 saturated carbocycles. The molecule has 0 rings (SSSR count). The van der Waals surface area contributed by atoms with Crippen molar-refractivity contribution in [3.05, 3.63) is 0 Å². The maximum absolute atomic E-state index is 11.7. The predicted octanol–water partition coefficient (Wildman–Crippen LogP) is 2.58. The summed E-state index contributed by atoms with van der Waals surface area (Å²) in [6, 6.07) is 0. The van der Waals surface area contributed by atoms with Crippen LogP contribution in [0.3, 0.4) is 0 Å². The van der Waals surface area contributed by atoms with Crippen LogP contribution in [0.2, 0.25) is 0 Å². The highest BCUT2D eigenvalue weighted by atomic mass is 16.1. The lowest BCUT2D eigenvalue weighted by molar-refractivity contribution is -0.128. The number of rotatable bonds is 4. The molecule has 1 atom stereocenters. The molecule has 2 heteroatoms. The van der Waals surface area contributed by atoms with Crippen LogP contribution < -0.4 is 5.32 Å². The van der Waals surface area contributed by atoms with Gasteiger partial charge in [-0.25, -0.2) is 0 Å². The molecule has 78 valence electrons. The van der Waals surface area contributed by atoms with Crippen molar-refractivity contribution in [1.82, 2.24) is 5.32 Å². The lowest BCUT2D eigenvalue weighted by Gasteiger charge is -2.29. The first kappa shape index (κ1) is 12.5. The van der Waals surface area contributed by atoms with E-state index in [4.69, 9.17) is 0 Å². The van der Waals surface area contributed by atoms with Gasteiger partial charge >= 0.3 is 0 Å². The minimum atomic E-state index is 0.0786. The molecule has 1 unspecified atom stereocenters. The van der Waals surface area contributed by atoms with Gasteiger partial charge in [-0.3, -0.25) is 4.79 Å². The van der Waals surface area contributed by atoms with Crippen molar-refractivity contribution in [2.75, 3.05) is 6.54 Å². The molecule has 13 heavy (non-hydrogen) atoms. The summed E-state index contributed by atoms with van der Waals surface area (Å²) in [5.74, 6) is 0.356. The lowest BCUT2D eigenvalue weighted by Crippen LogP contribution is -2.37. The molecule has 0 heterocycles. The van der Waals surface area contributed by atoms with Gasteiger partial charge in [0.25, 0.3) is 0 Å². The molecule has 1 N–H and O–H groups in total. The second-order valence-corrected chi connectivity index (χ2v) is 4.60. The molecular weight excluding hydrogens is 162 g/mol. The number of carbonyl (C=O) groups excluding carboxylic acids is 1. The molecule has 0 aromatic heterocycles. The van der Waals surface area contributed by atoms with Gasteiger partial charge in [-0.15, -0.1) is 0 Å². The Morgan fingerprint density at radius 3 is 2.15 bits per heavy atom. The van der Waals surface area contributed by atoms with Crippen molar-refractivity contribution in [2.24, 2.45) is 11.3 Å². The molecule has 2 nitrogen and oxygen atoms in total. The van der Waals surface area contributed by atoms with E-state index < -0.39 is 0 Å². The van der Waals surface area contributed by atoms with Crippen LogP contribution in [0.5, 0.6) is 0 Å². The van der Waals surface area contributed by atoms with E-state index in [0.29, 0.717) is 0 Å². The summed E-state index contributed by atoms with van der Waals surface area (Å²) in [4.78, 5) is 11.7. The Balaban J connectivity index is 4.33. The van der Waals surface area contributed by atoms with Crippen LogP contribution in [-0.4, -0.2) is 12.5 Å². The third-order valence-corrected chi connectivity index (χ3v) is 2.29. The zero-order valence-electron chi connectivity index (χ0n) is 9.61. The van der Waals surface area contributed by atoms with E-state index in [9.17, 15) is 4.79 Å². The quantitative estimate of drug-likeness (QED) is 0.716. The van der Waals surface area contributed by atoms with Crippen LogP contribution in [0.15, 0.2) is 0 Å². The standard InChI is InChI=1S/C11H23NO/c1-6-8-9(11(3,4)5)10(13)12-7-2/h9H,6-8H2,1-5H3,(H,12,13). The Labute approximate surface area is 82.1 Å². The summed E-state index contributed by atoms with van der Waals surface area (Å²) >= 11 is 0. The Bertz CT molecular complexity index is 158. The van der Waals surface area contributed by atoms with Gasteiger partial charge < -0.3 is 5.32 Å². The minimum Gasteiger partial charge on any atom is -0.356 e. The normalized spacial score (nSPS) is 13.9. The smallest absolute Gasteiger partial charge is 0.223 e. The van der Waals surface area contributed by atoms with Crippen LogP contribution in [0, 0.1) is 11.3 Å². The van der Waals surface area contributed by atoms with Gasteiger partial charge in [0.05, 0.1) is 0 Å². The molecule has 0 aromatic rings. The third kappa shape index (κ3) is 4.30. The van der Waals surface area contributed by atoms with E-state index in [1.807, 2.05) is 6.92 Å². The minimum absolute atomic E-state index is 0.0786. The topological polar surface area (TPSA) is 29.1 Å². The molecule has 0 fully saturated rings. The Kier molecular flexibility index (Phi) is 5.04. The van der Waals surface area contributed by atoms with Crippen LogP contribution in [0.4, 0.5) is 0 Å². The third-order valence-electron chi connectivity index (χ3n) is 2.29. The van der Waals surface area contributed by atoms with Crippen molar-refractivity contribution >= 4 is 5.91 Å². The fourth-order valence-corrected chi connectivity index (χ4v) is 1.54. The Morgan fingerprint density at radius 1 is 1.31 bits per heavy atom. The molecule has 1 amide bonds. The van der Waals surface area contributed by atoms with E-state index in [-0.39, 0.29) is 17.2 Å². The fraction of sp³-hybridized carbons (Fsp3) is 0.909. The number of amides is 1. The molecular formula is C11H23NO. The predicted molar refractivity (Wildman–Crippen MR) is 56.5 cm³/mol. The monoisotopic (exact) mass is 185 g/mol. The highest BCUT2D eigenvalue weighted by Crippen LogP contribution is 2.29. The summed E-state index contributed by atoms with van der Waals surface area (Å²) in [7, 11) is 0. The molecule has 0 saturated heterocycles. The summed E-state index contributed by atoms with van der Waals surface area (Å²) < 4.78 is 0. The second kappa shape index (κ2) is 5.25. The number of nitrogens with one attached hydrogen (secondary N) is 1. The van der Waals surface area contributed by atoms with Gasteiger partial charge in [0.2, 0.25) is 5.91 Å². The van der Waals surface area contributed by atoms with Crippen molar-refractivity contribution < 1.29 is 4.79 Å². The van der Waals surface area contributed by atoms with Gasteiger partial charge in [-0.2, -0.15) is 0 Å². The lowest BCUT2D eigenvalue weighted by atomic mass is 9.77. The fourth-order valence-electron chi connectivity index (χ4n) is 1.54. The van der Waals surface area contributed by atoms with Crippen LogP contribution in [-0.2, 0) is 4.79 Å². The van der Waals surface area contributed by atoms with Gasteiger partial charge in [0.15, 0.2) is 0 Å². The Hall–Kier alpha value is -0.530. The second-order valence-electron chi connectivity index (χ2n) is 4.60. The van der Waals surface area contributed by atoms with Crippen molar-refractivity contribution in [1.29, 1.82) is 0 Å². The summed E-state index contributed by atoms with van der Waals surface area (Å²) in [6.07, 6.45) is 2.05. The van der Waals surface area contributed by atoms with Gasteiger partial charge in [0.1, 0.15) is 0 Å². The van der Waals surface area contributed by atoms with E-state index in [2.05, 4.69) is 33.0 Å². The van der Waals surface area contributed by atoms with Gasteiger partial charge in [0, 0.05) is 12.5 Å². The van der Waals surface area contributed by atoms with Crippen LogP contribution in [0.1, 0.15) is 47.5 Å². The largest absolute Gasteiger partial charge is 0.356 e. The molecule has 0 aliphatic rings. The average molecular weight is 185 g/mol. The summed E-state index contributed by atoms with van der Waals surface area (Å²) in [5.41, 5.74) is 0.0786. The SMILES string of the molecule is CCCC(C(=O)NCC)C(C)(C)C. The number of hydrogen-bond donors (Lipinski definition) is 1. The number of hydrogen-bond acceptors (Lipinski definition) is 1. The van der Waals surface area contributed by atoms with Gasteiger partial charge in [-0.05, 0) is 18.8 Å². The van der Waals surface area contributed by atoms with E-state index >= 15 is 0 Å². The molecule has 0 aliphatic carbocycles.